The van der Waals surface area contributed by atoms with Gasteiger partial charge in [-0.15, -0.1) is 0 Å². The fourth-order valence-corrected chi connectivity index (χ4v) is 6.13. The fraction of sp³-hybridized carbons (Fsp3) is 0.615. The van der Waals surface area contributed by atoms with Crippen molar-refractivity contribution in [1.29, 1.82) is 0 Å². The smallest absolute Gasteiger partial charge is 0.371 e. The number of fused-ring (bicyclic) bond motifs is 1. The third kappa shape index (κ3) is 2.53. The van der Waals surface area contributed by atoms with E-state index < -0.39 is 16.0 Å². The predicted octanol–water partition coefficient (Wildman–Crippen LogP) is 2.69. The number of aromatic carboxylic acids is 1. The molecule has 21 heavy (non-hydrogen) atoms. The van der Waals surface area contributed by atoms with E-state index in [1.165, 1.54) is 4.31 Å². The topological polar surface area (TPSA) is 87.8 Å². The van der Waals surface area contributed by atoms with E-state index in [-0.39, 0.29) is 21.4 Å². The van der Waals surface area contributed by atoms with Crippen molar-refractivity contribution < 1.29 is 22.7 Å². The van der Waals surface area contributed by atoms with Crippen molar-refractivity contribution in [3.05, 3.63) is 16.5 Å². The summed E-state index contributed by atoms with van der Waals surface area (Å²) in [5.74, 6) is -1.23. The van der Waals surface area contributed by atoms with Crippen molar-refractivity contribution >= 4 is 31.9 Å². The maximum atomic E-state index is 12.8. The van der Waals surface area contributed by atoms with Gasteiger partial charge in [-0.25, -0.2) is 13.2 Å². The molecule has 6 nitrogen and oxygen atoms in total. The number of halogens is 1. The van der Waals surface area contributed by atoms with E-state index in [1.54, 1.807) is 0 Å². The van der Waals surface area contributed by atoms with E-state index in [0.717, 1.165) is 38.2 Å². The Morgan fingerprint density at radius 3 is 2.71 bits per heavy atom. The average Bonchev–Trinajstić information content (AvgIpc) is 3.04. The van der Waals surface area contributed by atoms with Gasteiger partial charge in [0.2, 0.25) is 15.8 Å². The Morgan fingerprint density at radius 2 is 2.05 bits per heavy atom. The molecule has 0 aromatic carbocycles. The van der Waals surface area contributed by atoms with Crippen LogP contribution < -0.4 is 0 Å². The predicted molar refractivity (Wildman–Crippen MR) is 77.6 cm³/mol. The highest BCUT2D eigenvalue weighted by Gasteiger charge is 2.42. The summed E-state index contributed by atoms with van der Waals surface area (Å²) in [7, 11) is -3.73. The highest BCUT2D eigenvalue weighted by Crippen LogP contribution is 2.40. The minimum atomic E-state index is -3.73. The van der Waals surface area contributed by atoms with Gasteiger partial charge in [0.25, 0.3) is 0 Å². The standard InChI is InChI=1S/C13H16BrNO5S/c14-12-11(7-10(20-12)13(16)17)21(18,19)15-6-2-4-8-3-1-5-9(8)15/h7-9H,1-6H2,(H,16,17)/t8-,9+/m1/s1. The number of rotatable bonds is 3. The zero-order valence-electron chi connectivity index (χ0n) is 11.3. The Hall–Kier alpha value is -0.860. The number of carboxylic acid groups (broad SMARTS) is 1. The van der Waals surface area contributed by atoms with E-state index in [9.17, 15) is 13.2 Å². The van der Waals surface area contributed by atoms with Crippen LogP contribution in [0.1, 0.15) is 42.7 Å². The van der Waals surface area contributed by atoms with Crippen molar-refractivity contribution in [3.63, 3.8) is 0 Å². The van der Waals surface area contributed by atoms with E-state index in [1.807, 2.05) is 0 Å². The number of nitrogens with zero attached hydrogens (tertiary/aromatic N) is 1. The summed E-state index contributed by atoms with van der Waals surface area (Å²) in [4.78, 5) is 10.8. The van der Waals surface area contributed by atoms with Crippen molar-refractivity contribution in [2.75, 3.05) is 6.54 Å². The molecule has 2 fully saturated rings. The number of piperidine rings is 1. The Labute approximate surface area is 131 Å². The van der Waals surface area contributed by atoms with Crippen LogP contribution >= 0.6 is 15.9 Å². The molecule has 1 aromatic rings. The minimum absolute atomic E-state index is 0.0406. The quantitative estimate of drug-likeness (QED) is 0.874. The lowest BCUT2D eigenvalue weighted by Crippen LogP contribution is -2.46. The van der Waals surface area contributed by atoms with Gasteiger partial charge in [0.15, 0.2) is 4.67 Å². The molecular weight excluding hydrogens is 362 g/mol. The maximum Gasteiger partial charge on any atom is 0.371 e. The van der Waals surface area contributed by atoms with Gasteiger partial charge < -0.3 is 9.52 Å². The maximum absolute atomic E-state index is 12.8. The van der Waals surface area contributed by atoms with Crippen LogP contribution in [0.5, 0.6) is 0 Å². The number of carbonyl (C=O) groups is 1. The SMILES string of the molecule is O=C(O)c1cc(S(=O)(=O)N2CCC[C@H]3CCC[C@@H]32)c(Br)o1. The molecule has 0 spiro atoms. The van der Waals surface area contributed by atoms with Crippen LogP contribution in [-0.2, 0) is 10.0 Å². The number of sulfonamides is 1. The summed E-state index contributed by atoms with van der Waals surface area (Å²) < 4.78 is 32.1. The zero-order chi connectivity index (χ0) is 15.2. The molecule has 1 saturated carbocycles. The van der Waals surface area contributed by atoms with Crippen LogP contribution in [0.15, 0.2) is 20.0 Å². The average molecular weight is 378 g/mol. The summed E-state index contributed by atoms with van der Waals surface area (Å²) in [6.45, 7) is 0.490. The molecule has 0 unspecified atom stereocenters. The third-order valence-corrected chi connectivity index (χ3v) is 7.18. The molecule has 1 N–H and O–H groups in total. The zero-order valence-corrected chi connectivity index (χ0v) is 13.7. The van der Waals surface area contributed by atoms with Crippen LogP contribution in [0.3, 0.4) is 0 Å². The van der Waals surface area contributed by atoms with Crippen molar-refractivity contribution in [3.8, 4) is 0 Å². The first kappa shape index (κ1) is 15.1. The largest absolute Gasteiger partial charge is 0.475 e. The summed E-state index contributed by atoms with van der Waals surface area (Å²) in [5, 5.41) is 8.93. The molecule has 1 aliphatic carbocycles. The molecule has 2 heterocycles. The third-order valence-electron chi connectivity index (χ3n) is 4.40. The second-order valence-electron chi connectivity index (χ2n) is 5.57. The van der Waals surface area contributed by atoms with Gasteiger partial charge >= 0.3 is 5.97 Å². The molecule has 1 saturated heterocycles. The molecule has 2 atom stereocenters. The van der Waals surface area contributed by atoms with E-state index in [4.69, 9.17) is 9.52 Å². The van der Waals surface area contributed by atoms with Gasteiger partial charge in [-0.05, 0) is 47.5 Å². The van der Waals surface area contributed by atoms with Crippen molar-refractivity contribution in [2.24, 2.45) is 5.92 Å². The van der Waals surface area contributed by atoms with Gasteiger partial charge in [0, 0.05) is 18.7 Å². The van der Waals surface area contributed by atoms with Crippen LogP contribution in [-0.4, -0.2) is 36.4 Å². The molecular formula is C13H16BrNO5S. The van der Waals surface area contributed by atoms with Gasteiger partial charge in [-0.3, -0.25) is 0 Å². The number of furan rings is 1. The lowest BCUT2D eigenvalue weighted by Gasteiger charge is -2.36. The number of hydrogen-bond acceptors (Lipinski definition) is 4. The first-order valence-corrected chi connectivity index (χ1v) is 9.19. The number of hydrogen-bond donors (Lipinski definition) is 1. The molecule has 2 aliphatic rings. The minimum Gasteiger partial charge on any atom is -0.475 e. The van der Waals surface area contributed by atoms with E-state index in [2.05, 4.69) is 15.9 Å². The van der Waals surface area contributed by atoms with Gasteiger partial charge in [-0.1, -0.05) is 6.42 Å². The monoisotopic (exact) mass is 377 g/mol. The van der Waals surface area contributed by atoms with Crippen molar-refractivity contribution in [2.45, 2.75) is 43.0 Å². The van der Waals surface area contributed by atoms with Gasteiger partial charge in [-0.2, -0.15) is 4.31 Å². The molecule has 3 rings (SSSR count). The number of carboxylic acids is 1. The van der Waals surface area contributed by atoms with Gasteiger partial charge in [0.05, 0.1) is 0 Å². The molecule has 8 heteroatoms. The Bertz CT molecular complexity index is 668. The van der Waals surface area contributed by atoms with E-state index >= 15 is 0 Å². The first-order chi connectivity index (χ1) is 9.91. The summed E-state index contributed by atoms with van der Waals surface area (Å²) in [5.41, 5.74) is 0. The normalized spacial score (nSPS) is 26.7. The Balaban J connectivity index is 1.98. The van der Waals surface area contributed by atoms with Crippen LogP contribution in [0.2, 0.25) is 0 Å². The highest BCUT2D eigenvalue weighted by molar-refractivity contribution is 9.10. The molecule has 0 radical (unpaired) electrons. The summed E-state index contributed by atoms with van der Waals surface area (Å²) >= 11 is 3.02. The second-order valence-corrected chi connectivity index (χ2v) is 8.15. The molecule has 116 valence electrons. The van der Waals surface area contributed by atoms with Gasteiger partial charge in [0.1, 0.15) is 4.90 Å². The lowest BCUT2D eigenvalue weighted by atomic mass is 9.94. The molecule has 0 bridgehead atoms. The molecule has 1 aliphatic heterocycles. The van der Waals surface area contributed by atoms with E-state index in [0.29, 0.717) is 12.5 Å². The molecule has 1 aromatic heterocycles. The lowest BCUT2D eigenvalue weighted by molar-refractivity contribution is 0.0661. The van der Waals surface area contributed by atoms with Crippen molar-refractivity contribution in [1.82, 2.24) is 4.31 Å². The fourth-order valence-electron chi connectivity index (χ4n) is 3.47. The highest BCUT2D eigenvalue weighted by atomic mass is 79.9. The molecule has 0 amide bonds. The van der Waals surface area contributed by atoms with Crippen LogP contribution in [0.25, 0.3) is 0 Å². The first-order valence-electron chi connectivity index (χ1n) is 6.95. The summed E-state index contributed by atoms with van der Waals surface area (Å²) in [6, 6.07) is 1.12. The second kappa shape index (κ2) is 5.40. The Morgan fingerprint density at radius 1 is 1.33 bits per heavy atom. The summed E-state index contributed by atoms with van der Waals surface area (Å²) in [6.07, 6.45) is 4.92. The Kier molecular flexibility index (Phi) is 3.87. The van der Waals surface area contributed by atoms with Crippen LogP contribution in [0.4, 0.5) is 0 Å². The van der Waals surface area contributed by atoms with Crippen LogP contribution in [0, 0.1) is 5.92 Å².